The summed E-state index contributed by atoms with van der Waals surface area (Å²) >= 11 is 0. The van der Waals surface area contributed by atoms with Gasteiger partial charge in [-0.15, -0.1) is 0 Å². The van der Waals surface area contributed by atoms with Gasteiger partial charge in [0.1, 0.15) is 12.4 Å². The Morgan fingerprint density at radius 2 is 2.05 bits per heavy atom. The Hall–Kier alpha value is -1.35. The first-order valence-electron chi connectivity index (χ1n) is 7.57. The Bertz CT molecular complexity index is 436. The highest BCUT2D eigenvalue weighted by Crippen LogP contribution is 2.29. The van der Waals surface area contributed by atoms with E-state index in [1.165, 1.54) is 32.6 Å². The van der Waals surface area contributed by atoms with Crippen LogP contribution < -0.4 is 4.74 Å². The number of carbonyl (C=O) groups is 1. The second-order valence-electron chi connectivity index (χ2n) is 5.75. The van der Waals surface area contributed by atoms with Crippen molar-refractivity contribution in [3.05, 3.63) is 29.8 Å². The van der Waals surface area contributed by atoms with Gasteiger partial charge in [-0.05, 0) is 37.8 Å². The summed E-state index contributed by atoms with van der Waals surface area (Å²) in [4.78, 5) is 11.5. The van der Waals surface area contributed by atoms with Gasteiger partial charge in [0.25, 0.3) is 0 Å². The maximum atomic E-state index is 11.5. The fraction of sp³-hybridized carbons (Fsp3) is 0.588. The van der Waals surface area contributed by atoms with Gasteiger partial charge in [0, 0.05) is 0 Å². The first-order chi connectivity index (χ1) is 9.66. The molecule has 1 N–H and O–H groups in total. The predicted molar refractivity (Wildman–Crippen MR) is 79.1 cm³/mol. The average molecular weight is 276 g/mol. The van der Waals surface area contributed by atoms with Crippen LogP contribution in [0.15, 0.2) is 24.3 Å². The maximum Gasteiger partial charge on any atom is 0.163 e. The number of benzene rings is 1. The van der Waals surface area contributed by atoms with Crippen LogP contribution in [0.25, 0.3) is 0 Å². The molecule has 1 saturated carbocycles. The van der Waals surface area contributed by atoms with Gasteiger partial charge < -0.3 is 9.84 Å². The van der Waals surface area contributed by atoms with Crippen LogP contribution in [0.1, 0.15) is 55.8 Å². The lowest BCUT2D eigenvalue weighted by atomic mass is 10.00. The molecule has 2 rings (SSSR count). The number of hydrogen-bond acceptors (Lipinski definition) is 3. The summed E-state index contributed by atoms with van der Waals surface area (Å²) in [5, 5.41) is 9.99. The van der Waals surface area contributed by atoms with E-state index in [1.807, 2.05) is 12.1 Å². The highest BCUT2D eigenvalue weighted by Gasteiger charge is 2.17. The molecule has 1 aromatic carbocycles. The van der Waals surface area contributed by atoms with Crippen molar-refractivity contribution >= 4 is 5.78 Å². The normalized spacial score (nSPS) is 17.1. The van der Waals surface area contributed by atoms with E-state index < -0.39 is 6.10 Å². The van der Waals surface area contributed by atoms with Gasteiger partial charge >= 0.3 is 0 Å². The number of ketones is 1. The van der Waals surface area contributed by atoms with E-state index in [9.17, 15) is 9.90 Å². The van der Waals surface area contributed by atoms with E-state index in [2.05, 4.69) is 0 Å². The third-order valence-electron chi connectivity index (χ3n) is 4.08. The molecular weight excluding hydrogens is 252 g/mol. The Morgan fingerprint density at radius 1 is 1.35 bits per heavy atom. The summed E-state index contributed by atoms with van der Waals surface area (Å²) in [5.74, 6) is 1.34. The first-order valence-corrected chi connectivity index (χ1v) is 7.57. The predicted octanol–water partition coefficient (Wildman–Crippen LogP) is 3.60. The van der Waals surface area contributed by atoms with E-state index in [-0.39, 0.29) is 12.4 Å². The Labute approximate surface area is 121 Å². The number of rotatable bonds is 7. The molecule has 0 heterocycles. The van der Waals surface area contributed by atoms with Crippen LogP contribution in [-0.4, -0.2) is 23.6 Å². The topological polar surface area (TPSA) is 46.5 Å². The SMILES string of the molecule is CC(=O)c1ccccc1OC[C@H](O)CCC1CCCC1. The molecule has 20 heavy (non-hydrogen) atoms. The molecule has 3 heteroatoms. The summed E-state index contributed by atoms with van der Waals surface area (Å²) in [6.45, 7) is 1.79. The van der Waals surface area contributed by atoms with Crippen LogP contribution in [0.4, 0.5) is 0 Å². The molecule has 0 spiro atoms. The number of hydrogen-bond donors (Lipinski definition) is 1. The summed E-state index contributed by atoms with van der Waals surface area (Å²) in [6, 6.07) is 7.19. The Morgan fingerprint density at radius 3 is 2.75 bits per heavy atom. The molecule has 0 aliphatic heterocycles. The lowest BCUT2D eigenvalue weighted by Gasteiger charge is -2.16. The summed E-state index contributed by atoms with van der Waals surface area (Å²) in [5.41, 5.74) is 0.579. The van der Waals surface area contributed by atoms with E-state index in [1.54, 1.807) is 12.1 Å². The molecule has 1 fully saturated rings. The van der Waals surface area contributed by atoms with Gasteiger partial charge in [0.15, 0.2) is 5.78 Å². The number of aliphatic hydroxyl groups is 1. The van der Waals surface area contributed by atoms with Crippen molar-refractivity contribution in [2.24, 2.45) is 5.92 Å². The van der Waals surface area contributed by atoms with Crippen LogP contribution >= 0.6 is 0 Å². The van der Waals surface area contributed by atoms with Gasteiger partial charge in [-0.25, -0.2) is 0 Å². The smallest absolute Gasteiger partial charge is 0.163 e. The molecule has 0 aromatic heterocycles. The molecule has 0 amide bonds. The minimum atomic E-state index is -0.449. The summed E-state index contributed by atoms with van der Waals surface area (Å²) in [6.07, 6.45) is 6.70. The monoisotopic (exact) mass is 276 g/mol. The van der Waals surface area contributed by atoms with Gasteiger partial charge in [0.05, 0.1) is 11.7 Å². The van der Waals surface area contributed by atoms with E-state index >= 15 is 0 Å². The van der Waals surface area contributed by atoms with Crippen molar-refractivity contribution in [2.45, 2.75) is 51.6 Å². The van der Waals surface area contributed by atoms with Crippen molar-refractivity contribution in [3.63, 3.8) is 0 Å². The lowest BCUT2D eigenvalue weighted by molar-refractivity contribution is 0.0908. The molecule has 1 aliphatic rings. The molecule has 1 atom stereocenters. The van der Waals surface area contributed by atoms with Crippen molar-refractivity contribution < 1.29 is 14.6 Å². The minimum absolute atomic E-state index is 0.0129. The minimum Gasteiger partial charge on any atom is -0.490 e. The fourth-order valence-corrected chi connectivity index (χ4v) is 2.88. The van der Waals surface area contributed by atoms with Gasteiger partial charge in [-0.2, -0.15) is 0 Å². The Balaban J connectivity index is 1.77. The molecule has 110 valence electrons. The molecule has 0 saturated heterocycles. The molecule has 0 radical (unpaired) electrons. The fourth-order valence-electron chi connectivity index (χ4n) is 2.88. The third-order valence-corrected chi connectivity index (χ3v) is 4.08. The Kier molecular flexibility index (Phi) is 5.60. The standard InChI is InChI=1S/C17H24O3/c1-13(18)16-8-4-5-9-17(16)20-12-15(19)11-10-14-6-2-3-7-14/h4-5,8-9,14-15,19H,2-3,6-7,10-12H2,1H3/t15-/m1/s1. The number of carbonyl (C=O) groups excluding carboxylic acids is 1. The zero-order valence-electron chi connectivity index (χ0n) is 12.2. The van der Waals surface area contributed by atoms with Crippen molar-refractivity contribution in [1.29, 1.82) is 0 Å². The van der Waals surface area contributed by atoms with Gasteiger partial charge in [-0.1, -0.05) is 37.8 Å². The molecule has 0 unspecified atom stereocenters. The maximum absolute atomic E-state index is 11.5. The van der Waals surface area contributed by atoms with Gasteiger partial charge in [-0.3, -0.25) is 4.79 Å². The van der Waals surface area contributed by atoms with Gasteiger partial charge in [0.2, 0.25) is 0 Å². The molecular formula is C17H24O3. The molecule has 1 aromatic rings. The highest BCUT2D eigenvalue weighted by molar-refractivity contribution is 5.96. The van der Waals surface area contributed by atoms with Crippen LogP contribution in [0.3, 0.4) is 0 Å². The number of Topliss-reactive ketones (excluding diaryl/α,β-unsaturated/α-hetero) is 1. The highest BCUT2D eigenvalue weighted by atomic mass is 16.5. The zero-order chi connectivity index (χ0) is 14.4. The first kappa shape index (κ1) is 15.0. The second-order valence-corrected chi connectivity index (χ2v) is 5.75. The van der Waals surface area contributed by atoms with Crippen molar-refractivity contribution in [1.82, 2.24) is 0 Å². The van der Waals surface area contributed by atoms with E-state index in [0.29, 0.717) is 11.3 Å². The van der Waals surface area contributed by atoms with Crippen LogP contribution in [0, 0.1) is 5.92 Å². The second kappa shape index (κ2) is 7.44. The molecule has 0 bridgehead atoms. The van der Waals surface area contributed by atoms with Crippen LogP contribution in [-0.2, 0) is 0 Å². The van der Waals surface area contributed by atoms with Crippen LogP contribution in [0.2, 0.25) is 0 Å². The van der Waals surface area contributed by atoms with Crippen molar-refractivity contribution in [3.8, 4) is 5.75 Å². The third kappa shape index (κ3) is 4.34. The molecule has 1 aliphatic carbocycles. The summed E-state index contributed by atoms with van der Waals surface area (Å²) in [7, 11) is 0. The number of aliphatic hydroxyl groups excluding tert-OH is 1. The molecule has 3 nitrogen and oxygen atoms in total. The lowest BCUT2D eigenvalue weighted by Crippen LogP contribution is -2.19. The average Bonchev–Trinajstić information content (AvgIpc) is 2.96. The van der Waals surface area contributed by atoms with Crippen LogP contribution in [0.5, 0.6) is 5.75 Å². The largest absolute Gasteiger partial charge is 0.490 e. The zero-order valence-corrected chi connectivity index (χ0v) is 12.2. The number of para-hydroxylation sites is 1. The summed E-state index contributed by atoms with van der Waals surface area (Å²) < 4.78 is 5.60. The quantitative estimate of drug-likeness (QED) is 0.774. The number of ether oxygens (including phenoxy) is 1. The van der Waals surface area contributed by atoms with E-state index in [0.717, 1.165) is 18.8 Å². The van der Waals surface area contributed by atoms with Crippen molar-refractivity contribution in [2.75, 3.05) is 6.61 Å². The van der Waals surface area contributed by atoms with E-state index in [4.69, 9.17) is 4.74 Å².